The summed E-state index contributed by atoms with van der Waals surface area (Å²) in [5.41, 5.74) is 2.64. The Kier molecular flexibility index (Phi) is 7.52. The Bertz CT molecular complexity index is 1490. The monoisotopic (exact) mass is 518 g/mol. The fourth-order valence-corrected chi connectivity index (χ4v) is 4.74. The molecule has 4 rings (SSSR count). The first-order chi connectivity index (χ1) is 17.2. The van der Waals surface area contributed by atoms with Crippen molar-refractivity contribution in [1.29, 1.82) is 0 Å². The summed E-state index contributed by atoms with van der Waals surface area (Å²) in [7, 11) is -3.56. The van der Waals surface area contributed by atoms with Gasteiger partial charge in [0.2, 0.25) is 10.0 Å². The standard InChI is InChI=1S/C28H23ClN2O4S/c1-36(34,35)31(19-20-8-4-2-5-9-20)24-15-12-22(13-16-24)28(33)30-26-17-14-23(29)18-25(26)27(32)21-10-6-3-7-11-21/h2-18H,19H2,1H3,(H,30,33). The number of anilines is 2. The molecule has 0 aliphatic heterocycles. The van der Waals surface area contributed by atoms with E-state index in [9.17, 15) is 18.0 Å². The Morgan fingerprint density at radius 2 is 1.42 bits per heavy atom. The third-order valence-corrected chi connectivity index (χ3v) is 6.87. The number of nitrogens with zero attached hydrogens (tertiary/aromatic N) is 1. The van der Waals surface area contributed by atoms with Crippen LogP contribution in [-0.2, 0) is 16.6 Å². The Morgan fingerprint density at radius 3 is 2.03 bits per heavy atom. The second-order valence-corrected chi connectivity index (χ2v) is 10.5. The quantitative estimate of drug-likeness (QED) is 0.299. The summed E-state index contributed by atoms with van der Waals surface area (Å²) >= 11 is 6.13. The Morgan fingerprint density at radius 1 is 0.806 bits per heavy atom. The fraction of sp³-hybridized carbons (Fsp3) is 0.0714. The van der Waals surface area contributed by atoms with Crippen molar-refractivity contribution < 1.29 is 18.0 Å². The van der Waals surface area contributed by atoms with Crippen molar-refractivity contribution in [3.8, 4) is 0 Å². The molecule has 0 aromatic heterocycles. The molecule has 1 amide bonds. The van der Waals surface area contributed by atoms with Crippen molar-refractivity contribution in [2.24, 2.45) is 0 Å². The highest BCUT2D eigenvalue weighted by Gasteiger charge is 2.20. The smallest absolute Gasteiger partial charge is 0.255 e. The van der Waals surface area contributed by atoms with Crippen LogP contribution in [-0.4, -0.2) is 26.4 Å². The number of nitrogens with one attached hydrogen (secondary N) is 1. The summed E-state index contributed by atoms with van der Waals surface area (Å²) in [6.07, 6.45) is 1.14. The molecule has 6 nitrogen and oxygen atoms in total. The van der Waals surface area contributed by atoms with E-state index in [2.05, 4.69) is 5.32 Å². The van der Waals surface area contributed by atoms with E-state index in [-0.39, 0.29) is 17.9 Å². The third kappa shape index (κ3) is 6.00. The van der Waals surface area contributed by atoms with Gasteiger partial charge in [0.05, 0.1) is 24.2 Å². The average molecular weight is 519 g/mol. The molecule has 36 heavy (non-hydrogen) atoms. The van der Waals surface area contributed by atoms with Gasteiger partial charge in [0, 0.05) is 21.7 Å². The SMILES string of the molecule is CS(=O)(=O)N(Cc1ccccc1)c1ccc(C(=O)Nc2ccc(Cl)cc2C(=O)c2ccccc2)cc1. The largest absolute Gasteiger partial charge is 0.321 e. The maximum Gasteiger partial charge on any atom is 0.255 e. The average Bonchev–Trinajstić information content (AvgIpc) is 2.88. The summed E-state index contributed by atoms with van der Waals surface area (Å²) in [6, 6.07) is 28.9. The van der Waals surface area contributed by atoms with E-state index in [1.807, 2.05) is 36.4 Å². The zero-order chi connectivity index (χ0) is 25.7. The van der Waals surface area contributed by atoms with Crippen LogP contribution in [0.25, 0.3) is 0 Å². The van der Waals surface area contributed by atoms with Crippen LogP contribution in [0.3, 0.4) is 0 Å². The minimum absolute atomic E-state index is 0.168. The van der Waals surface area contributed by atoms with Crippen LogP contribution in [0.2, 0.25) is 5.02 Å². The minimum atomic E-state index is -3.56. The first kappa shape index (κ1) is 25.2. The number of sulfonamides is 1. The summed E-state index contributed by atoms with van der Waals surface area (Å²) in [5.74, 6) is -0.714. The van der Waals surface area contributed by atoms with Gasteiger partial charge < -0.3 is 5.32 Å². The van der Waals surface area contributed by atoms with Crippen molar-refractivity contribution >= 4 is 44.7 Å². The molecule has 182 valence electrons. The van der Waals surface area contributed by atoms with Gasteiger partial charge in [-0.1, -0.05) is 72.3 Å². The number of amides is 1. The first-order valence-electron chi connectivity index (χ1n) is 11.0. The fourth-order valence-electron chi connectivity index (χ4n) is 3.68. The molecular weight excluding hydrogens is 496 g/mol. The van der Waals surface area contributed by atoms with E-state index in [4.69, 9.17) is 11.6 Å². The summed E-state index contributed by atoms with van der Waals surface area (Å²) < 4.78 is 26.2. The van der Waals surface area contributed by atoms with Crippen molar-refractivity contribution in [3.63, 3.8) is 0 Å². The molecule has 0 saturated heterocycles. The van der Waals surface area contributed by atoms with Gasteiger partial charge in [0.25, 0.3) is 5.91 Å². The molecular formula is C28H23ClN2O4S. The van der Waals surface area contributed by atoms with E-state index >= 15 is 0 Å². The van der Waals surface area contributed by atoms with Gasteiger partial charge in [0.1, 0.15) is 0 Å². The third-order valence-electron chi connectivity index (χ3n) is 5.50. The molecule has 4 aromatic rings. The van der Waals surface area contributed by atoms with Gasteiger partial charge in [0.15, 0.2) is 5.78 Å². The summed E-state index contributed by atoms with van der Waals surface area (Å²) in [6.45, 7) is 0.168. The molecule has 0 spiro atoms. The predicted molar refractivity (Wildman–Crippen MR) is 143 cm³/mol. The molecule has 0 aliphatic rings. The van der Waals surface area contributed by atoms with Gasteiger partial charge in [-0.3, -0.25) is 13.9 Å². The Balaban J connectivity index is 1.57. The maximum atomic E-state index is 13.0. The lowest BCUT2D eigenvalue weighted by Gasteiger charge is -2.22. The van der Waals surface area contributed by atoms with Crippen LogP contribution in [0, 0.1) is 0 Å². The molecule has 0 heterocycles. The van der Waals surface area contributed by atoms with Gasteiger partial charge >= 0.3 is 0 Å². The molecule has 8 heteroatoms. The second-order valence-electron chi connectivity index (χ2n) is 8.14. The Hall–Kier alpha value is -3.94. The topological polar surface area (TPSA) is 83.6 Å². The van der Waals surface area contributed by atoms with E-state index in [1.165, 1.54) is 10.4 Å². The van der Waals surface area contributed by atoms with E-state index in [1.54, 1.807) is 60.7 Å². The van der Waals surface area contributed by atoms with Crippen molar-refractivity contribution in [3.05, 3.63) is 130 Å². The number of benzene rings is 4. The van der Waals surface area contributed by atoms with Crippen molar-refractivity contribution in [1.82, 2.24) is 0 Å². The summed E-state index contributed by atoms with van der Waals surface area (Å²) in [5, 5.41) is 3.14. The van der Waals surface area contributed by atoms with Gasteiger partial charge in [-0.15, -0.1) is 0 Å². The number of rotatable bonds is 8. The van der Waals surface area contributed by atoms with Crippen LogP contribution in [0.1, 0.15) is 31.8 Å². The maximum absolute atomic E-state index is 13.0. The number of carbonyl (C=O) groups is 2. The summed E-state index contributed by atoms with van der Waals surface area (Å²) in [4.78, 5) is 26.0. The van der Waals surface area contributed by atoms with E-state index < -0.39 is 15.9 Å². The highest BCUT2D eigenvalue weighted by Crippen LogP contribution is 2.25. The van der Waals surface area contributed by atoms with Crippen LogP contribution in [0.15, 0.2) is 103 Å². The molecule has 1 N–H and O–H groups in total. The van der Waals surface area contributed by atoms with Crippen LogP contribution in [0.5, 0.6) is 0 Å². The van der Waals surface area contributed by atoms with Gasteiger partial charge in [-0.05, 0) is 48.0 Å². The normalized spacial score (nSPS) is 11.1. The highest BCUT2D eigenvalue weighted by molar-refractivity contribution is 7.92. The zero-order valence-electron chi connectivity index (χ0n) is 19.4. The number of hydrogen-bond acceptors (Lipinski definition) is 4. The van der Waals surface area contributed by atoms with Crippen molar-refractivity contribution in [2.75, 3.05) is 15.9 Å². The molecule has 0 bridgehead atoms. The molecule has 0 atom stereocenters. The lowest BCUT2D eigenvalue weighted by atomic mass is 10.0. The van der Waals surface area contributed by atoms with E-state index in [0.717, 1.165) is 11.8 Å². The lowest BCUT2D eigenvalue weighted by molar-refractivity contribution is 0.102. The molecule has 0 radical (unpaired) electrons. The number of ketones is 1. The number of carbonyl (C=O) groups excluding carboxylic acids is 2. The lowest BCUT2D eigenvalue weighted by Crippen LogP contribution is -2.29. The molecule has 0 aliphatic carbocycles. The van der Waals surface area contributed by atoms with Crippen LogP contribution in [0.4, 0.5) is 11.4 Å². The van der Waals surface area contributed by atoms with Crippen molar-refractivity contribution in [2.45, 2.75) is 6.54 Å². The van der Waals surface area contributed by atoms with E-state index in [0.29, 0.717) is 27.5 Å². The van der Waals surface area contributed by atoms with Crippen LogP contribution < -0.4 is 9.62 Å². The first-order valence-corrected chi connectivity index (χ1v) is 13.3. The predicted octanol–water partition coefficient (Wildman–Crippen LogP) is 5.79. The number of hydrogen-bond donors (Lipinski definition) is 1. The van der Waals surface area contributed by atoms with Gasteiger partial charge in [-0.2, -0.15) is 0 Å². The highest BCUT2D eigenvalue weighted by atomic mass is 35.5. The van der Waals surface area contributed by atoms with Crippen LogP contribution >= 0.6 is 11.6 Å². The zero-order valence-corrected chi connectivity index (χ0v) is 21.0. The van der Waals surface area contributed by atoms with Gasteiger partial charge in [-0.25, -0.2) is 8.42 Å². The minimum Gasteiger partial charge on any atom is -0.321 e. The molecule has 0 fully saturated rings. The Labute approximate surface area is 215 Å². The molecule has 4 aromatic carbocycles. The number of halogens is 1. The molecule has 0 saturated carbocycles. The second kappa shape index (κ2) is 10.8. The molecule has 0 unspecified atom stereocenters.